The maximum atomic E-state index is 8.82. The third-order valence-corrected chi connectivity index (χ3v) is 0. The summed E-state index contributed by atoms with van der Waals surface area (Å²) in [5.41, 5.74) is 0. The summed E-state index contributed by atoms with van der Waals surface area (Å²) in [5, 5.41) is 0. The van der Waals surface area contributed by atoms with Crippen molar-refractivity contribution in [1.29, 1.82) is 0 Å². The molecule has 5 nitrogen and oxygen atoms in total. The summed E-state index contributed by atoms with van der Waals surface area (Å²) in [7, 11) is 0. The minimum atomic E-state index is -5.25. The van der Waals surface area contributed by atoms with Crippen LogP contribution in [0.5, 0.6) is 0 Å². The van der Waals surface area contributed by atoms with Gasteiger partial charge in [0.15, 0.2) is 0 Å². The number of hydrogen-bond acceptors (Lipinski definition) is 3. The molecule has 0 saturated heterocycles. The molecule has 0 unspecified atom stereocenters. The Morgan fingerprint density at radius 1 is 1.14 bits per heavy atom. The van der Waals surface area contributed by atoms with E-state index in [2.05, 4.69) is 0 Å². The normalized spacial score (nSPS) is 8.29. The van der Waals surface area contributed by atoms with Gasteiger partial charge in [-0.1, -0.05) is 0 Å². The van der Waals surface area contributed by atoms with Crippen molar-refractivity contribution in [2.24, 2.45) is 0 Å². The monoisotopic (exact) mass is 219 g/mol. The molecule has 7 heavy (non-hydrogen) atoms. The van der Waals surface area contributed by atoms with Gasteiger partial charge in [0.05, 0.1) is 0 Å². The molecule has 0 aliphatic heterocycles. The van der Waals surface area contributed by atoms with Gasteiger partial charge in [-0.3, -0.25) is 0 Å². The van der Waals surface area contributed by atoms with Crippen molar-refractivity contribution >= 4 is 13.4 Å². The van der Waals surface area contributed by atoms with Gasteiger partial charge >= 0.3 is 29.4 Å². The largest absolute Gasteiger partial charge is 0 e. The van der Waals surface area contributed by atoms with E-state index in [9.17, 15) is 0 Å². The van der Waals surface area contributed by atoms with Gasteiger partial charge in [-0.25, -0.2) is 0 Å². The van der Waals surface area contributed by atoms with Crippen molar-refractivity contribution in [1.82, 2.24) is 6.15 Å². The van der Waals surface area contributed by atoms with E-state index in [1.165, 1.54) is 0 Å². The smallest absolute Gasteiger partial charge is 0 e. The van der Waals surface area contributed by atoms with Crippen LogP contribution >= 0.6 is 0 Å². The van der Waals surface area contributed by atoms with Gasteiger partial charge in [-0.05, 0) is 0 Å². The molecule has 5 N–H and O–H groups in total. The maximum absolute atomic E-state index is 8.82. The van der Waals surface area contributed by atoms with Gasteiger partial charge in [0, 0.05) is 17.1 Å². The van der Waals surface area contributed by atoms with Crippen molar-refractivity contribution in [2.75, 3.05) is 0 Å². The van der Waals surface area contributed by atoms with Crippen LogP contribution in [-0.4, -0.2) is 21.7 Å². The second kappa shape index (κ2) is 4.67. The fourth-order valence-electron chi connectivity index (χ4n) is 0. The van der Waals surface area contributed by atoms with Crippen molar-refractivity contribution in [3.05, 3.63) is 0 Å². The first-order valence-corrected chi connectivity index (χ1v) is 3.63. The molecule has 0 aromatic rings. The summed E-state index contributed by atoms with van der Waals surface area (Å²) in [6.45, 7) is 0. The Morgan fingerprint density at radius 3 is 1.14 bits per heavy atom. The van der Waals surface area contributed by atoms with Crippen LogP contribution in [0.3, 0.4) is 0 Å². The van der Waals surface area contributed by atoms with E-state index in [1.807, 2.05) is 0 Å². The third-order valence-electron chi connectivity index (χ3n) is 0. The summed E-state index contributed by atoms with van der Waals surface area (Å²) < 4.78 is 31.9. The van der Waals surface area contributed by atoms with Crippen LogP contribution < -0.4 is 6.15 Å². The summed E-state index contributed by atoms with van der Waals surface area (Å²) in [4.78, 5) is 0. The van der Waals surface area contributed by atoms with Crippen molar-refractivity contribution < 1.29 is 33.1 Å². The molecule has 0 radical (unpaired) electrons. The first-order chi connectivity index (χ1) is 2.00. The Kier molecular flexibility index (Phi) is 10.4. The van der Waals surface area contributed by atoms with Crippen molar-refractivity contribution in [3.63, 3.8) is 0 Å². The van der Waals surface area contributed by atoms with E-state index >= 15 is 0 Å². The molecule has 0 spiro atoms. The fourth-order valence-corrected chi connectivity index (χ4v) is 0. The molecule has 0 bridgehead atoms. The van der Waals surface area contributed by atoms with Crippen LogP contribution in [0.4, 0.5) is 0 Å². The minimum absolute atomic E-state index is 0. The second-order valence-corrected chi connectivity index (χ2v) is 2.33. The molecule has 0 atom stereocenters. The first-order valence-electron chi connectivity index (χ1n) is 0.698. The molecule has 0 aliphatic rings. The quantitative estimate of drug-likeness (QED) is 0.425. The summed E-state index contributed by atoms with van der Waals surface area (Å²) in [6.07, 6.45) is 0. The Morgan fingerprint density at radius 2 is 1.14 bits per heavy atom. The van der Waals surface area contributed by atoms with E-state index in [0.29, 0.717) is 0 Å². The van der Waals surface area contributed by atoms with E-state index < -0.39 is 13.4 Å². The second-order valence-electron chi connectivity index (χ2n) is 0.448. The zero-order chi connectivity index (χ0) is 4.50. The predicted molar refractivity (Wildman–Crippen MR) is 16.6 cm³/mol. The molecule has 0 heterocycles. The molecule has 0 aromatic carbocycles. The van der Waals surface area contributed by atoms with Crippen LogP contribution in [0.15, 0.2) is 0 Å². The summed E-state index contributed by atoms with van der Waals surface area (Å²) in [5.74, 6) is 0. The number of hydrogen-bond donors (Lipinski definition) is 3. The molecule has 0 amide bonds. The molecule has 0 fully saturated rings. The van der Waals surface area contributed by atoms with E-state index in [1.54, 1.807) is 0 Å². The van der Waals surface area contributed by atoms with E-state index in [4.69, 9.17) is 16.0 Å². The number of rotatable bonds is 0. The van der Waals surface area contributed by atoms with Crippen molar-refractivity contribution in [3.8, 4) is 0 Å². The SMILES string of the molecule is N.O=[Se](=O)(O)O.[Fe]. The van der Waals surface area contributed by atoms with Gasteiger partial charge in [0.25, 0.3) is 0 Å². The molecule has 0 rings (SSSR count). The Labute approximate surface area is 53.1 Å². The first kappa shape index (κ1) is 15.6. The van der Waals surface area contributed by atoms with Crippen LogP contribution in [0.25, 0.3) is 0 Å². The van der Waals surface area contributed by atoms with Gasteiger partial charge in [-0.15, -0.1) is 0 Å². The minimum Gasteiger partial charge on any atom is 0 e. The summed E-state index contributed by atoms with van der Waals surface area (Å²) >= 11 is -5.25. The molecule has 0 saturated carbocycles. The average molecular weight is 218 g/mol. The molecule has 48 valence electrons. The average Bonchev–Trinajstić information content (AvgIpc) is 0.722. The molecule has 0 aromatic heterocycles. The fraction of sp³-hybridized carbons (Fsp3) is 0. The van der Waals surface area contributed by atoms with E-state index in [0.717, 1.165) is 0 Å². The molecule has 0 aliphatic carbocycles. The van der Waals surface area contributed by atoms with Crippen LogP contribution in [-0.2, 0) is 24.7 Å². The Bertz CT molecular complexity index is 94.9. The molecular formula is H5FeNO4Se. The van der Waals surface area contributed by atoms with Gasteiger partial charge in [-0.2, -0.15) is 0 Å². The van der Waals surface area contributed by atoms with Gasteiger partial charge in [0.2, 0.25) is 0 Å². The zero-order valence-electron chi connectivity index (χ0n) is 3.18. The summed E-state index contributed by atoms with van der Waals surface area (Å²) in [6, 6.07) is 0. The van der Waals surface area contributed by atoms with Crippen LogP contribution in [0, 0.1) is 0 Å². The Hall–Kier alpha value is 0.519. The Balaban J connectivity index is -0.0000000800. The molecule has 7 heteroatoms. The van der Waals surface area contributed by atoms with Crippen molar-refractivity contribution in [2.45, 2.75) is 0 Å². The third kappa shape index (κ3) is 494. The van der Waals surface area contributed by atoms with Crippen LogP contribution in [0.1, 0.15) is 0 Å². The van der Waals surface area contributed by atoms with Gasteiger partial charge in [0.1, 0.15) is 0 Å². The van der Waals surface area contributed by atoms with E-state index in [-0.39, 0.29) is 23.2 Å². The molecular weight excluding hydrogens is 213 g/mol. The zero-order valence-corrected chi connectivity index (χ0v) is 6.00. The topological polar surface area (TPSA) is 110 Å². The van der Waals surface area contributed by atoms with Crippen LogP contribution in [0.2, 0.25) is 0 Å². The predicted octanol–water partition coefficient (Wildman–Crippen LogP) is -1.57. The maximum Gasteiger partial charge on any atom is 0 e. The van der Waals surface area contributed by atoms with Gasteiger partial charge < -0.3 is 6.15 Å². The standard InChI is InChI=1S/Fe.H3N.H2O4Se/c;;1-5(2,3)4/h;1H3;(H2,1,2,3,4).